The monoisotopic (exact) mass is 245 g/mol. The Bertz CT molecular complexity index is 556. The Morgan fingerprint density at radius 2 is 2.24 bits per heavy atom. The van der Waals surface area contributed by atoms with E-state index in [4.69, 9.17) is 0 Å². The minimum atomic E-state index is 0.129. The molecule has 1 aliphatic rings. The molecule has 88 valence electrons. The van der Waals surface area contributed by atoms with Gasteiger partial charge in [0.25, 0.3) is 0 Å². The Hall–Kier alpha value is -1.19. The minimum Gasteiger partial charge on any atom is -0.316 e. The van der Waals surface area contributed by atoms with Crippen molar-refractivity contribution >= 4 is 27.2 Å². The maximum absolute atomic E-state index is 12.5. The van der Waals surface area contributed by atoms with Gasteiger partial charge in [-0.2, -0.15) is 0 Å². The number of nitrogens with one attached hydrogen (secondary N) is 1. The molecule has 0 amide bonds. The van der Waals surface area contributed by atoms with Crippen LogP contribution in [0.2, 0.25) is 0 Å². The summed E-state index contributed by atoms with van der Waals surface area (Å²) < 4.78 is 1.14. The summed E-state index contributed by atoms with van der Waals surface area (Å²) in [6.45, 7) is 4.01. The van der Waals surface area contributed by atoms with Crippen molar-refractivity contribution in [3.05, 3.63) is 35.2 Å². The molecule has 0 spiro atoms. The van der Waals surface area contributed by atoms with Gasteiger partial charge in [-0.05, 0) is 41.9 Å². The largest absolute Gasteiger partial charge is 0.316 e. The molecule has 1 atom stereocenters. The van der Waals surface area contributed by atoms with Gasteiger partial charge in [-0.3, -0.25) is 4.79 Å². The smallest absolute Gasteiger partial charge is 0.167 e. The predicted molar refractivity (Wildman–Crippen MR) is 71.7 cm³/mol. The lowest BCUT2D eigenvalue weighted by molar-refractivity contribution is 0.0856. The molecule has 3 rings (SSSR count). The third-order valence-corrected chi connectivity index (χ3v) is 4.64. The number of fused-ring (bicyclic) bond motifs is 1. The first-order chi connectivity index (χ1) is 8.27. The molecule has 0 radical (unpaired) electrons. The number of Topliss-reactive ketones (excluding diaryl/α,β-unsaturated/α-hetero) is 1. The van der Waals surface area contributed by atoms with E-state index in [2.05, 4.69) is 29.8 Å². The quantitative estimate of drug-likeness (QED) is 0.842. The third kappa shape index (κ3) is 1.79. The van der Waals surface area contributed by atoms with Gasteiger partial charge in [0.2, 0.25) is 0 Å². The second kappa shape index (κ2) is 4.24. The lowest BCUT2D eigenvalue weighted by Gasteiger charge is -2.31. The maximum Gasteiger partial charge on any atom is 0.167 e. The molecule has 1 N–H and O–H groups in total. The van der Waals surface area contributed by atoms with E-state index in [1.807, 2.05) is 12.1 Å². The minimum absolute atomic E-state index is 0.129. The fraction of sp³-hybridized carbons (Fsp3) is 0.357. The van der Waals surface area contributed by atoms with Crippen LogP contribution in [0.1, 0.15) is 17.3 Å². The Labute approximate surface area is 105 Å². The summed E-state index contributed by atoms with van der Waals surface area (Å²) in [5, 5.41) is 6.46. The van der Waals surface area contributed by atoms with E-state index in [0.29, 0.717) is 11.7 Å². The zero-order chi connectivity index (χ0) is 11.8. The number of rotatable bonds is 3. The molecule has 0 aliphatic carbocycles. The van der Waals surface area contributed by atoms with Crippen molar-refractivity contribution in [2.24, 2.45) is 11.8 Å². The second-order valence-electron chi connectivity index (χ2n) is 4.72. The molecule has 3 heteroatoms. The fourth-order valence-corrected chi connectivity index (χ4v) is 3.23. The molecule has 2 nitrogen and oxygen atoms in total. The van der Waals surface area contributed by atoms with Crippen molar-refractivity contribution in [1.82, 2.24) is 5.32 Å². The SMILES string of the molecule is CC(C(=O)c1cccc2ccsc12)C1CNC1. The number of thiophene rings is 1. The highest BCUT2D eigenvalue weighted by Gasteiger charge is 2.30. The van der Waals surface area contributed by atoms with Gasteiger partial charge in [-0.25, -0.2) is 0 Å². The molecule has 1 aromatic carbocycles. The molecule has 1 aromatic heterocycles. The molecule has 1 aliphatic heterocycles. The second-order valence-corrected chi connectivity index (χ2v) is 5.63. The lowest BCUT2D eigenvalue weighted by Crippen LogP contribution is -2.47. The van der Waals surface area contributed by atoms with Crippen LogP contribution in [0.3, 0.4) is 0 Å². The maximum atomic E-state index is 12.5. The van der Waals surface area contributed by atoms with Crippen LogP contribution in [0.25, 0.3) is 10.1 Å². The molecule has 2 aromatic rings. The van der Waals surface area contributed by atoms with Crippen molar-refractivity contribution in [3.63, 3.8) is 0 Å². The Kier molecular flexibility index (Phi) is 2.73. The first kappa shape index (κ1) is 10.9. The van der Waals surface area contributed by atoms with Gasteiger partial charge >= 0.3 is 0 Å². The summed E-state index contributed by atoms with van der Waals surface area (Å²) in [6.07, 6.45) is 0. The van der Waals surface area contributed by atoms with Crippen LogP contribution in [0.5, 0.6) is 0 Å². The average molecular weight is 245 g/mol. The lowest BCUT2D eigenvalue weighted by atomic mass is 9.83. The summed E-state index contributed by atoms with van der Waals surface area (Å²) in [7, 11) is 0. The topological polar surface area (TPSA) is 29.1 Å². The number of hydrogen-bond donors (Lipinski definition) is 1. The van der Waals surface area contributed by atoms with E-state index in [9.17, 15) is 4.79 Å². The van der Waals surface area contributed by atoms with Gasteiger partial charge in [0, 0.05) is 16.2 Å². The molecule has 17 heavy (non-hydrogen) atoms. The van der Waals surface area contributed by atoms with Crippen LogP contribution < -0.4 is 5.32 Å². The summed E-state index contributed by atoms with van der Waals surface area (Å²) in [4.78, 5) is 12.5. The Balaban J connectivity index is 1.97. The number of carbonyl (C=O) groups excluding carboxylic acids is 1. The van der Waals surface area contributed by atoms with Crippen molar-refractivity contribution in [3.8, 4) is 0 Å². The molecule has 1 fully saturated rings. The van der Waals surface area contributed by atoms with E-state index in [-0.39, 0.29) is 5.92 Å². The highest BCUT2D eigenvalue weighted by Crippen LogP contribution is 2.29. The standard InChI is InChI=1S/C14H15NOS/c1-9(11-7-15-8-11)13(16)12-4-2-3-10-5-6-17-14(10)12/h2-6,9,11,15H,7-8H2,1H3. The summed E-state index contributed by atoms with van der Waals surface area (Å²) in [5.41, 5.74) is 0.900. The van der Waals surface area contributed by atoms with E-state index in [1.54, 1.807) is 11.3 Å². The number of carbonyl (C=O) groups is 1. The van der Waals surface area contributed by atoms with Gasteiger partial charge in [0.15, 0.2) is 5.78 Å². The van der Waals surface area contributed by atoms with Gasteiger partial charge in [-0.15, -0.1) is 11.3 Å². The van der Waals surface area contributed by atoms with E-state index in [0.717, 1.165) is 23.4 Å². The highest BCUT2D eigenvalue weighted by atomic mass is 32.1. The molecule has 2 heterocycles. The molecule has 1 saturated heterocycles. The predicted octanol–water partition coefficient (Wildman–Crippen LogP) is 2.94. The molecular weight excluding hydrogens is 230 g/mol. The zero-order valence-electron chi connectivity index (χ0n) is 9.77. The van der Waals surface area contributed by atoms with E-state index < -0.39 is 0 Å². The third-order valence-electron chi connectivity index (χ3n) is 3.68. The van der Waals surface area contributed by atoms with Crippen LogP contribution in [-0.4, -0.2) is 18.9 Å². The zero-order valence-corrected chi connectivity index (χ0v) is 10.6. The van der Waals surface area contributed by atoms with Gasteiger partial charge in [0.05, 0.1) is 0 Å². The first-order valence-corrected chi connectivity index (χ1v) is 6.86. The summed E-state index contributed by atoms with van der Waals surface area (Å²) in [6, 6.07) is 8.09. The summed E-state index contributed by atoms with van der Waals surface area (Å²) in [5.74, 6) is 0.936. The highest BCUT2D eigenvalue weighted by molar-refractivity contribution is 7.17. The molecule has 0 bridgehead atoms. The van der Waals surface area contributed by atoms with Crippen LogP contribution in [0.15, 0.2) is 29.6 Å². The van der Waals surface area contributed by atoms with E-state index in [1.165, 1.54) is 5.39 Å². The van der Waals surface area contributed by atoms with Gasteiger partial charge in [0.1, 0.15) is 0 Å². The van der Waals surface area contributed by atoms with Crippen LogP contribution in [0, 0.1) is 11.8 Å². The average Bonchev–Trinajstić information content (AvgIpc) is 2.73. The molecule has 0 saturated carbocycles. The first-order valence-electron chi connectivity index (χ1n) is 5.98. The van der Waals surface area contributed by atoms with Gasteiger partial charge < -0.3 is 5.32 Å². The van der Waals surface area contributed by atoms with E-state index >= 15 is 0 Å². The van der Waals surface area contributed by atoms with Crippen LogP contribution >= 0.6 is 11.3 Å². The molecule has 1 unspecified atom stereocenters. The van der Waals surface area contributed by atoms with Crippen LogP contribution in [-0.2, 0) is 0 Å². The van der Waals surface area contributed by atoms with Crippen LogP contribution in [0.4, 0.5) is 0 Å². The van der Waals surface area contributed by atoms with Crippen molar-refractivity contribution in [2.75, 3.05) is 13.1 Å². The number of ketones is 1. The van der Waals surface area contributed by atoms with Crippen molar-refractivity contribution < 1.29 is 4.79 Å². The Morgan fingerprint density at radius 3 is 2.94 bits per heavy atom. The normalized spacial score (nSPS) is 17.9. The number of hydrogen-bond acceptors (Lipinski definition) is 3. The summed E-state index contributed by atoms with van der Waals surface area (Å²) >= 11 is 1.66. The fourth-order valence-electron chi connectivity index (χ4n) is 2.31. The van der Waals surface area contributed by atoms with Crippen molar-refractivity contribution in [2.45, 2.75) is 6.92 Å². The number of benzene rings is 1. The van der Waals surface area contributed by atoms with Gasteiger partial charge in [-0.1, -0.05) is 19.1 Å². The molecular formula is C14H15NOS. The van der Waals surface area contributed by atoms with Crippen molar-refractivity contribution in [1.29, 1.82) is 0 Å². The Morgan fingerprint density at radius 1 is 1.41 bits per heavy atom.